The molecule has 0 aromatic heterocycles. The predicted molar refractivity (Wildman–Crippen MR) is 68.9 cm³/mol. The monoisotopic (exact) mass is 235 g/mol. The van der Waals surface area contributed by atoms with Crippen LogP contribution in [-0.2, 0) is 0 Å². The van der Waals surface area contributed by atoms with E-state index in [2.05, 4.69) is 18.3 Å². The summed E-state index contributed by atoms with van der Waals surface area (Å²) in [6.45, 7) is 3.18. The van der Waals surface area contributed by atoms with Crippen LogP contribution in [0.3, 0.4) is 0 Å². The highest BCUT2D eigenvalue weighted by Gasteiger charge is 2.21. The van der Waals surface area contributed by atoms with E-state index in [9.17, 15) is 0 Å². The Morgan fingerprint density at radius 1 is 1.18 bits per heavy atom. The van der Waals surface area contributed by atoms with Crippen molar-refractivity contribution in [2.75, 3.05) is 20.8 Å². The molecule has 3 nitrogen and oxygen atoms in total. The van der Waals surface area contributed by atoms with E-state index >= 15 is 0 Å². The van der Waals surface area contributed by atoms with Crippen molar-refractivity contribution < 1.29 is 9.47 Å². The molecule has 1 fully saturated rings. The Morgan fingerprint density at radius 2 is 2.00 bits per heavy atom. The van der Waals surface area contributed by atoms with Gasteiger partial charge < -0.3 is 14.8 Å². The minimum Gasteiger partial charge on any atom is -0.493 e. The molecule has 1 aliphatic rings. The molecule has 2 rings (SSSR count). The van der Waals surface area contributed by atoms with Gasteiger partial charge in [-0.2, -0.15) is 0 Å². The van der Waals surface area contributed by atoms with E-state index in [1.165, 1.54) is 30.4 Å². The van der Waals surface area contributed by atoms with Gasteiger partial charge in [-0.25, -0.2) is 0 Å². The second-order valence-electron chi connectivity index (χ2n) is 4.59. The van der Waals surface area contributed by atoms with E-state index < -0.39 is 0 Å². The van der Waals surface area contributed by atoms with Gasteiger partial charge in [0.25, 0.3) is 0 Å². The van der Waals surface area contributed by atoms with Gasteiger partial charge in [0, 0.05) is 11.6 Å². The van der Waals surface area contributed by atoms with Crippen molar-refractivity contribution in [2.45, 2.75) is 32.2 Å². The van der Waals surface area contributed by atoms with Crippen LogP contribution in [0.4, 0.5) is 0 Å². The normalized spacial score (nSPS) is 20.1. The summed E-state index contributed by atoms with van der Waals surface area (Å²) in [5.41, 5.74) is 2.44. The Bertz CT molecular complexity index is 384. The molecule has 17 heavy (non-hydrogen) atoms. The van der Waals surface area contributed by atoms with Crippen molar-refractivity contribution in [2.24, 2.45) is 0 Å². The van der Waals surface area contributed by atoms with E-state index in [1.54, 1.807) is 14.2 Å². The first kappa shape index (κ1) is 12.2. The Balaban J connectivity index is 2.39. The first-order valence-corrected chi connectivity index (χ1v) is 6.22. The maximum Gasteiger partial charge on any atom is 0.165 e. The number of rotatable bonds is 3. The van der Waals surface area contributed by atoms with Crippen LogP contribution in [0.15, 0.2) is 12.1 Å². The summed E-state index contributed by atoms with van der Waals surface area (Å²) >= 11 is 0. The van der Waals surface area contributed by atoms with Crippen molar-refractivity contribution in [1.29, 1.82) is 0 Å². The average Bonchev–Trinajstić information content (AvgIpc) is 2.38. The van der Waals surface area contributed by atoms with Crippen molar-refractivity contribution in [3.63, 3.8) is 0 Å². The van der Waals surface area contributed by atoms with Gasteiger partial charge in [-0.05, 0) is 37.9 Å². The van der Waals surface area contributed by atoms with Crippen LogP contribution in [0.5, 0.6) is 11.5 Å². The van der Waals surface area contributed by atoms with Crippen LogP contribution in [0.2, 0.25) is 0 Å². The van der Waals surface area contributed by atoms with Crippen LogP contribution < -0.4 is 14.8 Å². The molecular formula is C14H21NO2. The van der Waals surface area contributed by atoms with Gasteiger partial charge in [0.2, 0.25) is 0 Å². The molecule has 1 unspecified atom stereocenters. The largest absolute Gasteiger partial charge is 0.493 e. The molecule has 0 aliphatic carbocycles. The Kier molecular flexibility index (Phi) is 3.89. The molecule has 0 radical (unpaired) electrons. The molecule has 1 atom stereocenters. The lowest BCUT2D eigenvalue weighted by molar-refractivity contribution is 0.337. The first-order valence-electron chi connectivity index (χ1n) is 6.22. The molecule has 0 saturated carbocycles. The summed E-state index contributed by atoms with van der Waals surface area (Å²) in [6.07, 6.45) is 3.71. The summed E-state index contributed by atoms with van der Waals surface area (Å²) in [6, 6.07) is 4.61. The lowest BCUT2D eigenvalue weighted by atomic mass is 9.95. The Hall–Kier alpha value is -1.22. The number of aryl methyl sites for hydroxylation is 1. The summed E-state index contributed by atoms with van der Waals surface area (Å²) in [5.74, 6) is 1.70. The second kappa shape index (κ2) is 5.41. The van der Waals surface area contributed by atoms with E-state index in [0.29, 0.717) is 6.04 Å². The van der Waals surface area contributed by atoms with E-state index in [-0.39, 0.29) is 0 Å². The van der Waals surface area contributed by atoms with Gasteiger partial charge in [0.1, 0.15) is 0 Å². The number of benzene rings is 1. The molecule has 1 aliphatic heterocycles. The fraction of sp³-hybridized carbons (Fsp3) is 0.571. The van der Waals surface area contributed by atoms with Crippen molar-refractivity contribution in [3.05, 3.63) is 23.3 Å². The number of hydrogen-bond donors (Lipinski definition) is 1. The van der Waals surface area contributed by atoms with E-state index in [0.717, 1.165) is 18.0 Å². The van der Waals surface area contributed by atoms with Crippen LogP contribution >= 0.6 is 0 Å². The maximum absolute atomic E-state index is 5.51. The zero-order valence-corrected chi connectivity index (χ0v) is 10.9. The molecule has 3 heteroatoms. The number of piperidine rings is 1. The zero-order valence-electron chi connectivity index (χ0n) is 10.9. The Labute approximate surface area is 103 Å². The third-order valence-corrected chi connectivity index (χ3v) is 3.34. The molecule has 94 valence electrons. The fourth-order valence-electron chi connectivity index (χ4n) is 2.51. The quantitative estimate of drug-likeness (QED) is 0.874. The van der Waals surface area contributed by atoms with Crippen molar-refractivity contribution >= 4 is 0 Å². The molecule has 1 heterocycles. The number of nitrogens with one attached hydrogen (secondary N) is 1. The first-order chi connectivity index (χ1) is 8.26. The van der Waals surface area contributed by atoms with Crippen LogP contribution in [0.25, 0.3) is 0 Å². The summed E-state index contributed by atoms with van der Waals surface area (Å²) in [7, 11) is 3.40. The third-order valence-electron chi connectivity index (χ3n) is 3.34. The molecular weight excluding hydrogens is 214 g/mol. The smallest absolute Gasteiger partial charge is 0.165 e. The summed E-state index contributed by atoms with van der Waals surface area (Å²) < 4.78 is 10.9. The lowest BCUT2D eigenvalue weighted by Gasteiger charge is -2.26. The highest BCUT2D eigenvalue weighted by Crippen LogP contribution is 2.38. The van der Waals surface area contributed by atoms with E-state index in [1.807, 2.05) is 6.07 Å². The van der Waals surface area contributed by atoms with Crippen LogP contribution in [-0.4, -0.2) is 20.8 Å². The van der Waals surface area contributed by atoms with Gasteiger partial charge >= 0.3 is 0 Å². The lowest BCUT2D eigenvalue weighted by Crippen LogP contribution is -2.27. The molecule has 1 N–H and O–H groups in total. The van der Waals surface area contributed by atoms with Gasteiger partial charge in [0.15, 0.2) is 11.5 Å². The standard InChI is InChI=1S/C14H21NO2/c1-10-8-11(12-6-4-5-7-15-12)14(17-3)13(9-10)16-2/h8-9,12,15H,4-7H2,1-3H3. The summed E-state index contributed by atoms with van der Waals surface area (Å²) in [5, 5.41) is 3.55. The number of ether oxygens (including phenoxy) is 2. The van der Waals surface area contributed by atoms with Gasteiger partial charge in [-0.15, -0.1) is 0 Å². The molecule has 1 aromatic rings. The minimum absolute atomic E-state index is 0.396. The molecule has 1 aromatic carbocycles. The zero-order chi connectivity index (χ0) is 12.3. The molecule has 0 amide bonds. The van der Waals surface area contributed by atoms with E-state index in [4.69, 9.17) is 9.47 Å². The van der Waals surface area contributed by atoms with Crippen LogP contribution in [0, 0.1) is 6.92 Å². The fourth-order valence-corrected chi connectivity index (χ4v) is 2.51. The topological polar surface area (TPSA) is 30.5 Å². The number of methoxy groups -OCH3 is 2. The number of hydrogen-bond acceptors (Lipinski definition) is 3. The van der Waals surface area contributed by atoms with Crippen molar-refractivity contribution in [1.82, 2.24) is 5.32 Å². The van der Waals surface area contributed by atoms with Gasteiger partial charge in [-0.1, -0.05) is 12.5 Å². The third kappa shape index (κ3) is 2.55. The molecule has 1 saturated heterocycles. The van der Waals surface area contributed by atoms with Gasteiger partial charge in [-0.3, -0.25) is 0 Å². The average molecular weight is 235 g/mol. The molecule has 0 spiro atoms. The predicted octanol–water partition coefficient (Wildman–Crippen LogP) is 2.83. The highest BCUT2D eigenvalue weighted by molar-refractivity contribution is 5.50. The van der Waals surface area contributed by atoms with Crippen molar-refractivity contribution in [3.8, 4) is 11.5 Å². The minimum atomic E-state index is 0.396. The second-order valence-corrected chi connectivity index (χ2v) is 4.59. The molecule has 0 bridgehead atoms. The van der Waals surface area contributed by atoms with Crippen LogP contribution in [0.1, 0.15) is 36.4 Å². The maximum atomic E-state index is 5.51. The SMILES string of the molecule is COc1cc(C)cc(C2CCCCN2)c1OC. The summed E-state index contributed by atoms with van der Waals surface area (Å²) in [4.78, 5) is 0. The highest BCUT2D eigenvalue weighted by atomic mass is 16.5. The van der Waals surface area contributed by atoms with Gasteiger partial charge in [0.05, 0.1) is 14.2 Å². The Morgan fingerprint density at radius 3 is 2.59 bits per heavy atom.